The fraction of sp³-hybridized carbons (Fsp3) is 0.462. The number of rotatable bonds is 1. The fourth-order valence-corrected chi connectivity index (χ4v) is 5.69. The molecule has 0 bridgehead atoms. The second-order valence-corrected chi connectivity index (χ2v) is 7.88. The number of nitrogens with zero attached hydrogens (tertiary/aromatic N) is 2. The van der Waals surface area contributed by atoms with Crippen LogP contribution in [0.4, 0.5) is 5.69 Å². The predicted molar refractivity (Wildman–Crippen MR) is 77.9 cm³/mol. The van der Waals surface area contributed by atoms with Gasteiger partial charge in [0, 0.05) is 17.6 Å². The molecule has 0 fully saturated rings. The van der Waals surface area contributed by atoms with E-state index >= 15 is 0 Å². The summed E-state index contributed by atoms with van der Waals surface area (Å²) in [6.07, 6.45) is 0.0127. The molecule has 19 heavy (non-hydrogen) atoms. The first-order chi connectivity index (χ1) is 8.80. The largest absolute Gasteiger partial charge is 0.369 e. The van der Waals surface area contributed by atoms with Crippen LogP contribution in [-0.2, 0) is 9.84 Å². The highest BCUT2D eigenvalue weighted by Gasteiger charge is 2.42. The van der Waals surface area contributed by atoms with Gasteiger partial charge in [-0.15, -0.1) is 0 Å². The summed E-state index contributed by atoms with van der Waals surface area (Å²) in [7, 11) is -1.60. The van der Waals surface area contributed by atoms with E-state index in [-0.39, 0.29) is 12.5 Å². The molecule has 1 aliphatic rings. The molecule has 4 nitrogen and oxygen atoms in total. The lowest BCUT2D eigenvalue weighted by atomic mass is 10.1. The van der Waals surface area contributed by atoms with Crippen molar-refractivity contribution < 1.29 is 8.42 Å². The van der Waals surface area contributed by atoms with E-state index in [9.17, 15) is 8.42 Å². The monoisotopic (exact) mass is 342 g/mol. The van der Waals surface area contributed by atoms with E-state index in [0.717, 1.165) is 10.0 Å². The highest BCUT2D eigenvalue weighted by atomic mass is 79.9. The summed E-state index contributed by atoms with van der Waals surface area (Å²) in [4.78, 5) is 2.25. The van der Waals surface area contributed by atoms with Crippen LogP contribution in [-0.4, -0.2) is 26.8 Å². The van der Waals surface area contributed by atoms with Gasteiger partial charge in [0.1, 0.15) is 0 Å². The molecule has 1 aliphatic heterocycles. The highest BCUT2D eigenvalue weighted by Crippen LogP contribution is 2.42. The molecule has 0 aliphatic carbocycles. The number of aryl methyl sites for hydroxylation is 1. The molecule has 102 valence electrons. The van der Waals surface area contributed by atoms with Crippen molar-refractivity contribution in [3.05, 3.63) is 22.2 Å². The Bertz CT molecular complexity index is 664. The minimum absolute atomic E-state index is 0.0127. The lowest BCUT2D eigenvalue weighted by Crippen LogP contribution is -2.48. The lowest BCUT2D eigenvalue weighted by Gasteiger charge is -2.39. The summed E-state index contributed by atoms with van der Waals surface area (Å²) in [5.74, 6) is 0. The highest BCUT2D eigenvalue weighted by molar-refractivity contribution is 9.10. The summed E-state index contributed by atoms with van der Waals surface area (Å²) in [6.45, 7) is 3.70. The van der Waals surface area contributed by atoms with Crippen LogP contribution >= 0.6 is 15.9 Å². The number of hydrogen-bond acceptors (Lipinski definition) is 4. The first kappa shape index (κ1) is 14.4. The van der Waals surface area contributed by atoms with E-state index in [1.165, 1.54) is 0 Å². The maximum Gasteiger partial charge on any atom is 0.186 e. The van der Waals surface area contributed by atoms with Gasteiger partial charge in [-0.3, -0.25) is 0 Å². The van der Waals surface area contributed by atoms with Crippen LogP contribution in [0, 0.1) is 18.3 Å². The molecule has 2 atom stereocenters. The number of benzene rings is 1. The Kier molecular flexibility index (Phi) is 3.63. The second-order valence-electron chi connectivity index (χ2n) is 4.89. The zero-order valence-corrected chi connectivity index (χ0v) is 13.4. The van der Waals surface area contributed by atoms with Gasteiger partial charge in [0.05, 0.1) is 28.3 Å². The third-order valence-corrected chi connectivity index (χ3v) is 6.56. The van der Waals surface area contributed by atoms with Crippen molar-refractivity contribution in [3.8, 4) is 6.07 Å². The molecule has 2 rings (SSSR count). The molecule has 6 heteroatoms. The fourth-order valence-electron chi connectivity index (χ4n) is 2.51. The number of hydrogen-bond donors (Lipinski definition) is 0. The van der Waals surface area contributed by atoms with Crippen molar-refractivity contribution in [2.75, 3.05) is 11.9 Å². The average Bonchev–Trinajstić information content (AvgIpc) is 2.31. The third kappa shape index (κ3) is 2.15. The molecule has 0 N–H and O–H groups in total. The van der Waals surface area contributed by atoms with E-state index < -0.39 is 15.1 Å². The van der Waals surface area contributed by atoms with Crippen molar-refractivity contribution in [3.63, 3.8) is 0 Å². The Morgan fingerprint density at radius 1 is 1.47 bits per heavy atom. The van der Waals surface area contributed by atoms with Gasteiger partial charge in [0.25, 0.3) is 0 Å². The van der Waals surface area contributed by atoms with Crippen molar-refractivity contribution in [2.45, 2.75) is 36.5 Å². The third-order valence-electron chi connectivity index (χ3n) is 3.67. The van der Waals surface area contributed by atoms with E-state index in [4.69, 9.17) is 5.26 Å². The summed E-state index contributed by atoms with van der Waals surface area (Å²) in [5, 5.41) is 8.19. The zero-order valence-electron chi connectivity index (χ0n) is 11.0. The maximum atomic E-state index is 12.7. The summed E-state index contributed by atoms with van der Waals surface area (Å²) < 4.78 is 26.1. The first-order valence-corrected chi connectivity index (χ1v) is 8.28. The lowest BCUT2D eigenvalue weighted by molar-refractivity contribution is 0.538. The maximum absolute atomic E-state index is 12.7. The van der Waals surface area contributed by atoms with Crippen molar-refractivity contribution >= 4 is 31.5 Å². The van der Waals surface area contributed by atoms with Gasteiger partial charge in [-0.05, 0) is 47.5 Å². The Balaban J connectivity index is 2.76. The number of anilines is 1. The van der Waals surface area contributed by atoms with Gasteiger partial charge in [0.2, 0.25) is 0 Å². The van der Waals surface area contributed by atoms with Crippen LogP contribution < -0.4 is 4.90 Å². The van der Waals surface area contributed by atoms with E-state index in [1.54, 1.807) is 6.07 Å². The number of fused-ring (bicyclic) bond motifs is 1. The molecule has 2 unspecified atom stereocenters. The number of nitriles is 1. The summed E-state index contributed by atoms with van der Waals surface area (Å²) in [6, 6.07) is 5.35. The summed E-state index contributed by atoms with van der Waals surface area (Å²) in [5.41, 5.74) is 1.57. The average molecular weight is 343 g/mol. The van der Waals surface area contributed by atoms with Crippen LogP contribution in [0.2, 0.25) is 0 Å². The molecule has 0 aromatic heterocycles. The van der Waals surface area contributed by atoms with Crippen LogP contribution in [0.15, 0.2) is 21.5 Å². The molecule has 1 aromatic rings. The number of halogens is 1. The molecule has 0 radical (unpaired) electrons. The predicted octanol–water partition coefficient (Wildman–Crippen LogP) is 2.65. The normalized spacial score (nSPS) is 24.7. The minimum Gasteiger partial charge on any atom is -0.369 e. The van der Waals surface area contributed by atoms with Crippen LogP contribution in [0.1, 0.15) is 18.9 Å². The SMILES string of the molecule is Cc1cc(Br)c2c(c1)S(=O)(=O)C(CC#N)C(C)N2C. The first-order valence-electron chi connectivity index (χ1n) is 5.94. The topological polar surface area (TPSA) is 61.2 Å². The van der Waals surface area contributed by atoms with Gasteiger partial charge in [-0.2, -0.15) is 5.26 Å². The van der Waals surface area contributed by atoms with E-state index in [1.807, 2.05) is 37.9 Å². The van der Waals surface area contributed by atoms with Gasteiger partial charge >= 0.3 is 0 Å². The second kappa shape index (κ2) is 4.80. The Morgan fingerprint density at radius 2 is 2.11 bits per heavy atom. The van der Waals surface area contributed by atoms with Gasteiger partial charge in [0.15, 0.2) is 9.84 Å². The number of sulfone groups is 1. The quantitative estimate of drug-likeness (QED) is 0.787. The molecule has 0 saturated heterocycles. The smallest absolute Gasteiger partial charge is 0.186 e. The summed E-state index contributed by atoms with van der Waals surface area (Å²) >= 11 is 3.44. The van der Waals surface area contributed by atoms with Crippen LogP contribution in [0.3, 0.4) is 0 Å². The molecule has 0 amide bonds. The Labute approximate surface area is 122 Å². The zero-order chi connectivity index (χ0) is 14.4. The van der Waals surface area contributed by atoms with Crippen molar-refractivity contribution in [2.24, 2.45) is 0 Å². The van der Waals surface area contributed by atoms with E-state index in [2.05, 4.69) is 15.9 Å². The minimum atomic E-state index is -3.47. The van der Waals surface area contributed by atoms with Crippen LogP contribution in [0.25, 0.3) is 0 Å². The van der Waals surface area contributed by atoms with Gasteiger partial charge in [-0.1, -0.05) is 0 Å². The van der Waals surface area contributed by atoms with E-state index in [0.29, 0.717) is 10.6 Å². The molecule has 1 heterocycles. The molecule has 0 spiro atoms. The molecular formula is C13H15BrN2O2S. The molecule has 1 aromatic carbocycles. The standard InChI is InChI=1S/C13H15BrN2O2S/c1-8-6-10(14)13-12(7-8)19(17,18)11(4-5-15)9(2)16(13)3/h6-7,9,11H,4H2,1-3H3. The Hall–Kier alpha value is -1.06. The van der Waals surface area contributed by atoms with Crippen molar-refractivity contribution in [1.82, 2.24) is 0 Å². The Morgan fingerprint density at radius 3 is 2.68 bits per heavy atom. The molecule has 0 saturated carbocycles. The van der Waals surface area contributed by atoms with Crippen molar-refractivity contribution in [1.29, 1.82) is 5.26 Å². The van der Waals surface area contributed by atoms with Gasteiger partial charge < -0.3 is 4.90 Å². The van der Waals surface area contributed by atoms with Crippen LogP contribution in [0.5, 0.6) is 0 Å². The van der Waals surface area contributed by atoms with Gasteiger partial charge in [-0.25, -0.2) is 8.42 Å². The molecular weight excluding hydrogens is 328 g/mol.